The van der Waals surface area contributed by atoms with Crippen molar-refractivity contribution in [2.24, 2.45) is 0 Å². The quantitative estimate of drug-likeness (QED) is 0.503. The summed E-state index contributed by atoms with van der Waals surface area (Å²) in [6.45, 7) is 0. The average Bonchev–Trinajstić information content (AvgIpc) is 2.08. The smallest absolute Gasteiger partial charge is 0.319 e. The Bertz CT molecular complexity index is 128. The predicted molar refractivity (Wildman–Crippen MR) is 23.9 cm³/mol. The molecule has 0 spiro atoms. The number of alkyl halides is 3. The van der Waals surface area contributed by atoms with Crippen LogP contribution in [0.15, 0.2) is 6.08 Å². The molecule has 1 aliphatic heterocycles. The Hall–Kier alpha value is -0.710. The maximum atomic E-state index is 11.6. The van der Waals surface area contributed by atoms with Gasteiger partial charge in [0.15, 0.2) is 0 Å². The van der Waals surface area contributed by atoms with Crippen LogP contribution in [0.5, 0.6) is 0 Å². The van der Waals surface area contributed by atoms with Crippen molar-refractivity contribution in [3.63, 3.8) is 0 Å². The van der Waals surface area contributed by atoms with Gasteiger partial charge in [-0.15, -0.1) is 0 Å². The van der Waals surface area contributed by atoms with Crippen molar-refractivity contribution < 1.29 is 13.2 Å². The van der Waals surface area contributed by atoms with Gasteiger partial charge in [-0.3, -0.25) is 0 Å². The van der Waals surface area contributed by atoms with Crippen LogP contribution in [0.2, 0.25) is 0 Å². The van der Waals surface area contributed by atoms with E-state index in [1.807, 2.05) is 5.43 Å². The first kappa shape index (κ1) is 6.41. The zero-order valence-corrected chi connectivity index (χ0v) is 4.29. The van der Waals surface area contributed by atoms with E-state index < -0.39 is 12.2 Å². The van der Waals surface area contributed by atoms with Crippen molar-refractivity contribution in [1.29, 1.82) is 0 Å². The first-order valence-corrected chi connectivity index (χ1v) is 2.27. The normalized spacial score (nSPS) is 26.3. The first-order valence-electron chi connectivity index (χ1n) is 2.27. The molecule has 2 nitrogen and oxygen atoms in total. The Kier molecular flexibility index (Phi) is 1.36. The van der Waals surface area contributed by atoms with Crippen LogP contribution in [0, 0.1) is 6.20 Å². The third-order valence-corrected chi connectivity index (χ3v) is 0.902. The summed E-state index contributed by atoms with van der Waals surface area (Å²) in [6.07, 6.45) is -1.15. The van der Waals surface area contributed by atoms with E-state index in [2.05, 4.69) is 11.6 Å². The number of halogens is 3. The highest BCUT2D eigenvalue weighted by atomic mass is 19.4. The molecule has 0 aliphatic carbocycles. The van der Waals surface area contributed by atoms with E-state index in [0.29, 0.717) is 0 Å². The maximum absolute atomic E-state index is 11.6. The van der Waals surface area contributed by atoms with E-state index in [0.717, 1.165) is 6.08 Å². The fourth-order valence-electron chi connectivity index (χ4n) is 0.462. The van der Waals surface area contributed by atoms with Crippen LogP contribution in [-0.4, -0.2) is 12.2 Å². The molecule has 51 valence electrons. The lowest BCUT2D eigenvalue weighted by molar-refractivity contribution is -0.144. The first-order chi connectivity index (χ1) is 4.11. The molecule has 0 aromatic carbocycles. The van der Waals surface area contributed by atoms with Crippen LogP contribution in [-0.2, 0) is 0 Å². The van der Waals surface area contributed by atoms with Gasteiger partial charge in [0.25, 0.3) is 0 Å². The molecular weight excluding hydrogens is 133 g/mol. The summed E-state index contributed by atoms with van der Waals surface area (Å²) in [5.74, 6) is 0. The molecule has 0 amide bonds. The summed E-state index contributed by atoms with van der Waals surface area (Å²) < 4.78 is 34.8. The molecule has 1 radical (unpaired) electrons. The molecule has 0 aromatic rings. The minimum atomic E-state index is -4.21. The van der Waals surface area contributed by atoms with Gasteiger partial charge in [0.1, 0.15) is 6.04 Å². The standard InChI is InChI=1S/C4H4F3N2/c5-4(6,7)3-1-2-8-9-3/h1,3,8-9H. The largest absolute Gasteiger partial charge is 0.409 e. The van der Waals surface area contributed by atoms with E-state index in [4.69, 9.17) is 0 Å². The third-order valence-electron chi connectivity index (χ3n) is 0.902. The van der Waals surface area contributed by atoms with Gasteiger partial charge in [0.05, 0.1) is 6.20 Å². The molecule has 1 atom stereocenters. The van der Waals surface area contributed by atoms with E-state index in [1.54, 1.807) is 0 Å². The molecular formula is C4H4F3N2. The second-order valence-corrected chi connectivity index (χ2v) is 1.60. The zero-order chi connectivity index (χ0) is 6.91. The summed E-state index contributed by atoms with van der Waals surface area (Å²) in [5.41, 5.74) is 4.06. The average molecular weight is 137 g/mol. The molecule has 0 saturated heterocycles. The van der Waals surface area contributed by atoms with Crippen molar-refractivity contribution in [3.05, 3.63) is 12.3 Å². The SMILES string of the molecule is FC(F)(F)C1C=[C]NN1. The number of rotatable bonds is 0. The Morgan fingerprint density at radius 1 is 1.44 bits per heavy atom. The molecule has 9 heavy (non-hydrogen) atoms. The van der Waals surface area contributed by atoms with Crippen molar-refractivity contribution in [3.8, 4) is 0 Å². The lowest BCUT2D eigenvalue weighted by Gasteiger charge is -2.11. The highest BCUT2D eigenvalue weighted by Gasteiger charge is 2.39. The molecule has 2 N–H and O–H groups in total. The Morgan fingerprint density at radius 2 is 2.11 bits per heavy atom. The van der Waals surface area contributed by atoms with Crippen LogP contribution >= 0.6 is 0 Å². The van der Waals surface area contributed by atoms with Crippen LogP contribution < -0.4 is 10.9 Å². The van der Waals surface area contributed by atoms with E-state index in [1.165, 1.54) is 0 Å². The van der Waals surface area contributed by atoms with Crippen LogP contribution in [0.1, 0.15) is 0 Å². The van der Waals surface area contributed by atoms with Crippen molar-refractivity contribution >= 4 is 0 Å². The van der Waals surface area contributed by atoms with Crippen molar-refractivity contribution in [1.82, 2.24) is 10.9 Å². The molecule has 1 rings (SSSR count). The lowest BCUT2D eigenvalue weighted by atomic mass is 10.3. The summed E-state index contributed by atoms with van der Waals surface area (Å²) in [6, 6.07) is -1.59. The second-order valence-electron chi connectivity index (χ2n) is 1.60. The number of nitrogens with one attached hydrogen (secondary N) is 2. The third kappa shape index (κ3) is 1.35. The maximum Gasteiger partial charge on any atom is 0.409 e. The summed E-state index contributed by atoms with van der Waals surface area (Å²) >= 11 is 0. The number of hydrazine groups is 1. The minimum Gasteiger partial charge on any atom is -0.319 e. The number of hydrogen-bond acceptors (Lipinski definition) is 2. The number of hydrogen-bond donors (Lipinski definition) is 2. The molecule has 0 fully saturated rings. The second kappa shape index (κ2) is 1.91. The molecule has 0 bridgehead atoms. The monoisotopic (exact) mass is 137 g/mol. The zero-order valence-electron chi connectivity index (χ0n) is 4.29. The predicted octanol–water partition coefficient (Wildman–Crippen LogP) is 0.342. The fraction of sp³-hybridized carbons (Fsp3) is 0.500. The van der Waals surface area contributed by atoms with E-state index >= 15 is 0 Å². The molecule has 5 heteroatoms. The van der Waals surface area contributed by atoms with Gasteiger partial charge in [-0.1, -0.05) is 0 Å². The summed E-state index contributed by atoms with van der Waals surface area (Å²) in [4.78, 5) is 0. The van der Waals surface area contributed by atoms with E-state index in [-0.39, 0.29) is 0 Å². The molecule has 1 unspecified atom stereocenters. The van der Waals surface area contributed by atoms with Crippen LogP contribution in [0.4, 0.5) is 13.2 Å². The molecule has 1 heterocycles. The Morgan fingerprint density at radius 3 is 2.33 bits per heavy atom. The summed E-state index contributed by atoms with van der Waals surface area (Å²) in [5, 5.41) is 0. The minimum absolute atomic E-state index is 0.889. The van der Waals surface area contributed by atoms with Gasteiger partial charge in [0, 0.05) is 0 Å². The highest BCUT2D eigenvalue weighted by molar-refractivity contribution is 4.96. The summed E-state index contributed by atoms with van der Waals surface area (Å²) in [7, 11) is 0. The Balaban J connectivity index is 2.53. The molecule has 0 aromatic heterocycles. The highest BCUT2D eigenvalue weighted by Crippen LogP contribution is 2.21. The topological polar surface area (TPSA) is 24.1 Å². The van der Waals surface area contributed by atoms with Gasteiger partial charge in [-0.2, -0.15) is 13.2 Å². The lowest BCUT2D eigenvalue weighted by Crippen LogP contribution is -2.41. The van der Waals surface area contributed by atoms with Crippen molar-refractivity contribution in [2.75, 3.05) is 0 Å². The molecule has 1 aliphatic rings. The van der Waals surface area contributed by atoms with Crippen LogP contribution in [0.25, 0.3) is 0 Å². The fourth-order valence-corrected chi connectivity index (χ4v) is 0.462. The van der Waals surface area contributed by atoms with Gasteiger partial charge in [-0.25, -0.2) is 5.43 Å². The van der Waals surface area contributed by atoms with Gasteiger partial charge in [0.2, 0.25) is 0 Å². The Labute approximate surface area is 49.7 Å². The van der Waals surface area contributed by atoms with Gasteiger partial charge in [-0.05, 0) is 6.08 Å². The van der Waals surface area contributed by atoms with Gasteiger partial charge >= 0.3 is 6.18 Å². The van der Waals surface area contributed by atoms with E-state index in [9.17, 15) is 13.2 Å². The van der Waals surface area contributed by atoms with Gasteiger partial charge < -0.3 is 5.43 Å². The van der Waals surface area contributed by atoms with Crippen LogP contribution in [0.3, 0.4) is 0 Å². The molecule has 0 saturated carbocycles. The van der Waals surface area contributed by atoms with Crippen molar-refractivity contribution in [2.45, 2.75) is 12.2 Å².